The highest BCUT2D eigenvalue weighted by Gasteiger charge is 2.35. The molecule has 1 unspecified atom stereocenters. The standard InChI is InChI=1S/C30H27N3O8S/c1-6-40-29(35)26-17(3)31-30-32(27(26)21-11-8-18(38-4)14-24(21)39-5)28(34)25(42-30)15-19-9-12-23(41-19)20-10-7-16(2)13-22(20)33(36)37/h7-15,27H,6H2,1-5H3/b25-15-. The first kappa shape index (κ1) is 28.6. The van der Waals surface area contributed by atoms with Crippen molar-refractivity contribution in [2.45, 2.75) is 26.8 Å². The molecule has 0 radical (unpaired) electrons. The second-order valence-electron chi connectivity index (χ2n) is 9.39. The van der Waals surface area contributed by atoms with Crippen LogP contribution in [0.15, 0.2) is 74.0 Å². The van der Waals surface area contributed by atoms with Crippen molar-refractivity contribution in [3.63, 3.8) is 0 Å². The summed E-state index contributed by atoms with van der Waals surface area (Å²) in [6.07, 6.45) is 1.55. The summed E-state index contributed by atoms with van der Waals surface area (Å²) >= 11 is 1.13. The lowest BCUT2D eigenvalue weighted by atomic mass is 9.95. The van der Waals surface area contributed by atoms with Crippen LogP contribution in [0.25, 0.3) is 17.4 Å². The van der Waals surface area contributed by atoms with Crippen molar-refractivity contribution in [2.75, 3.05) is 20.8 Å². The summed E-state index contributed by atoms with van der Waals surface area (Å²) in [5, 5.41) is 11.6. The highest BCUT2D eigenvalue weighted by Crippen LogP contribution is 2.38. The van der Waals surface area contributed by atoms with Gasteiger partial charge in [-0.15, -0.1) is 0 Å². The molecule has 0 spiro atoms. The van der Waals surface area contributed by atoms with Crippen LogP contribution in [0.3, 0.4) is 0 Å². The van der Waals surface area contributed by atoms with Gasteiger partial charge < -0.3 is 18.6 Å². The van der Waals surface area contributed by atoms with E-state index in [2.05, 4.69) is 4.99 Å². The molecule has 1 aliphatic rings. The fourth-order valence-electron chi connectivity index (χ4n) is 4.84. The number of carbonyl (C=O) groups is 1. The number of thiazole rings is 1. The van der Waals surface area contributed by atoms with Gasteiger partial charge in [0.05, 0.1) is 47.1 Å². The number of nitrogens with zero attached hydrogens (tertiary/aromatic N) is 3. The van der Waals surface area contributed by atoms with Gasteiger partial charge >= 0.3 is 5.97 Å². The molecular weight excluding hydrogens is 562 g/mol. The first-order valence-electron chi connectivity index (χ1n) is 12.9. The minimum atomic E-state index is -0.884. The lowest BCUT2D eigenvalue weighted by molar-refractivity contribution is -0.384. The summed E-state index contributed by atoms with van der Waals surface area (Å²) in [7, 11) is 3.03. The largest absolute Gasteiger partial charge is 0.497 e. The third-order valence-electron chi connectivity index (χ3n) is 6.77. The average molecular weight is 590 g/mol. The molecule has 1 atom stereocenters. The van der Waals surface area contributed by atoms with Gasteiger partial charge in [0, 0.05) is 23.8 Å². The average Bonchev–Trinajstić information content (AvgIpc) is 3.55. The molecule has 4 aromatic rings. The Bertz CT molecular complexity index is 1930. The van der Waals surface area contributed by atoms with E-state index in [0.717, 1.165) is 16.9 Å². The Hall–Kier alpha value is -4.97. The van der Waals surface area contributed by atoms with Gasteiger partial charge in [-0.3, -0.25) is 19.5 Å². The molecule has 42 heavy (non-hydrogen) atoms. The zero-order valence-electron chi connectivity index (χ0n) is 23.5. The molecule has 0 aliphatic carbocycles. The van der Waals surface area contributed by atoms with Crippen LogP contribution < -0.4 is 24.4 Å². The number of aryl methyl sites for hydroxylation is 1. The van der Waals surface area contributed by atoms with E-state index in [1.54, 1.807) is 69.3 Å². The first-order chi connectivity index (χ1) is 20.2. The molecule has 11 nitrogen and oxygen atoms in total. The third kappa shape index (κ3) is 5.12. The number of nitro benzene ring substituents is 1. The Labute approximate surface area is 243 Å². The number of allylic oxidation sites excluding steroid dienone is 1. The van der Waals surface area contributed by atoms with E-state index in [0.29, 0.717) is 49.2 Å². The van der Waals surface area contributed by atoms with Gasteiger partial charge in [0.2, 0.25) is 0 Å². The Morgan fingerprint density at radius 3 is 2.62 bits per heavy atom. The zero-order valence-corrected chi connectivity index (χ0v) is 24.3. The summed E-state index contributed by atoms with van der Waals surface area (Å²) in [6, 6.07) is 12.4. The molecule has 0 saturated carbocycles. The van der Waals surface area contributed by atoms with Crippen molar-refractivity contribution in [3.8, 4) is 22.8 Å². The van der Waals surface area contributed by atoms with E-state index in [4.69, 9.17) is 18.6 Å². The van der Waals surface area contributed by atoms with Gasteiger partial charge in [0.1, 0.15) is 29.1 Å². The fraction of sp³-hybridized carbons (Fsp3) is 0.233. The summed E-state index contributed by atoms with van der Waals surface area (Å²) in [5.74, 6) is 0.989. The van der Waals surface area contributed by atoms with Crippen LogP contribution in [0.2, 0.25) is 0 Å². The van der Waals surface area contributed by atoms with Crippen molar-refractivity contribution >= 4 is 29.1 Å². The van der Waals surface area contributed by atoms with Crippen LogP contribution in [0.1, 0.15) is 36.8 Å². The van der Waals surface area contributed by atoms with E-state index in [1.165, 1.54) is 24.9 Å². The molecule has 2 aromatic heterocycles. The van der Waals surface area contributed by atoms with Crippen LogP contribution >= 0.6 is 11.3 Å². The number of fused-ring (bicyclic) bond motifs is 1. The van der Waals surface area contributed by atoms with Gasteiger partial charge in [0.25, 0.3) is 11.2 Å². The number of rotatable bonds is 8. The van der Waals surface area contributed by atoms with Crippen LogP contribution in [-0.2, 0) is 9.53 Å². The van der Waals surface area contributed by atoms with E-state index >= 15 is 0 Å². The van der Waals surface area contributed by atoms with Crippen molar-refractivity contribution in [3.05, 3.63) is 106 Å². The normalized spacial score (nSPS) is 14.8. The molecule has 0 amide bonds. The fourth-order valence-corrected chi connectivity index (χ4v) is 5.86. The zero-order chi connectivity index (χ0) is 30.1. The number of hydrogen-bond donors (Lipinski definition) is 0. The predicted octanol–water partition coefficient (Wildman–Crippen LogP) is 4.29. The highest BCUT2D eigenvalue weighted by molar-refractivity contribution is 7.07. The number of carbonyl (C=O) groups excluding carboxylic acids is 1. The lowest BCUT2D eigenvalue weighted by Gasteiger charge is -2.26. The van der Waals surface area contributed by atoms with Gasteiger partial charge in [-0.1, -0.05) is 17.4 Å². The van der Waals surface area contributed by atoms with E-state index < -0.39 is 22.5 Å². The number of aromatic nitrogens is 1. The SMILES string of the molecule is CCOC(=O)C1=C(C)N=c2s/c(=C\c3ccc(-c4ccc(C)cc4[N+](=O)[O-])o3)c(=O)n2C1c1ccc(OC)cc1OC. The predicted molar refractivity (Wildman–Crippen MR) is 155 cm³/mol. The minimum Gasteiger partial charge on any atom is -0.497 e. The lowest BCUT2D eigenvalue weighted by Crippen LogP contribution is -2.40. The number of hydrogen-bond acceptors (Lipinski definition) is 10. The molecule has 5 rings (SSSR count). The highest BCUT2D eigenvalue weighted by atomic mass is 32.1. The third-order valence-corrected chi connectivity index (χ3v) is 7.75. The van der Waals surface area contributed by atoms with Gasteiger partial charge in [-0.05, 0) is 56.7 Å². The molecular formula is C30H27N3O8S. The molecule has 1 aliphatic heterocycles. The number of ether oxygens (including phenoxy) is 3. The van der Waals surface area contributed by atoms with Crippen LogP contribution in [0.4, 0.5) is 5.69 Å². The smallest absolute Gasteiger partial charge is 0.338 e. The van der Waals surface area contributed by atoms with Gasteiger partial charge in [-0.2, -0.15) is 0 Å². The Balaban J connectivity index is 1.67. The van der Waals surface area contributed by atoms with Crippen LogP contribution in [0.5, 0.6) is 11.5 Å². The maximum absolute atomic E-state index is 13.9. The molecule has 0 fully saturated rings. The molecule has 2 aromatic carbocycles. The summed E-state index contributed by atoms with van der Waals surface area (Å²) in [4.78, 5) is 43.2. The number of benzene rings is 2. The van der Waals surface area contributed by atoms with E-state index in [-0.39, 0.29) is 17.9 Å². The Morgan fingerprint density at radius 1 is 1.14 bits per heavy atom. The molecule has 0 N–H and O–H groups in total. The minimum absolute atomic E-state index is 0.0781. The van der Waals surface area contributed by atoms with Crippen molar-refractivity contribution in [1.29, 1.82) is 0 Å². The van der Waals surface area contributed by atoms with Crippen molar-refractivity contribution < 1.29 is 28.3 Å². The summed E-state index contributed by atoms with van der Waals surface area (Å²) in [6.45, 7) is 5.31. The summed E-state index contributed by atoms with van der Waals surface area (Å²) in [5.41, 5.74) is 1.77. The Kier molecular flexibility index (Phi) is 7.81. The maximum atomic E-state index is 13.9. The Morgan fingerprint density at radius 2 is 1.93 bits per heavy atom. The molecule has 12 heteroatoms. The number of esters is 1. The topological polar surface area (TPSA) is 135 Å². The van der Waals surface area contributed by atoms with Crippen molar-refractivity contribution in [2.24, 2.45) is 4.99 Å². The monoisotopic (exact) mass is 589 g/mol. The first-order valence-corrected chi connectivity index (χ1v) is 13.7. The second-order valence-corrected chi connectivity index (χ2v) is 10.4. The molecule has 0 saturated heterocycles. The molecule has 216 valence electrons. The van der Waals surface area contributed by atoms with Gasteiger partial charge in [-0.25, -0.2) is 9.79 Å². The maximum Gasteiger partial charge on any atom is 0.338 e. The second kappa shape index (κ2) is 11.5. The molecule has 0 bridgehead atoms. The van der Waals surface area contributed by atoms with Gasteiger partial charge in [0.15, 0.2) is 4.80 Å². The number of methoxy groups -OCH3 is 2. The summed E-state index contributed by atoms with van der Waals surface area (Å²) < 4.78 is 24.0. The van der Waals surface area contributed by atoms with Crippen LogP contribution in [0, 0.1) is 17.0 Å². The van der Waals surface area contributed by atoms with Crippen molar-refractivity contribution in [1.82, 2.24) is 4.57 Å². The number of nitro groups is 1. The molecule has 3 heterocycles. The van der Waals surface area contributed by atoms with E-state index in [1.807, 2.05) is 0 Å². The van der Waals surface area contributed by atoms with E-state index in [9.17, 15) is 19.7 Å². The van der Waals surface area contributed by atoms with Crippen LogP contribution in [-0.4, -0.2) is 36.3 Å². The number of furan rings is 1. The quantitative estimate of drug-likeness (QED) is 0.169.